The summed E-state index contributed by atoms with van der Waals surface area (Å²) in [4.78, 5) is 13.2. The van der Waals surface area contributed by atoms with Crippen LogP contribution in [-0.4, -0.2) is 20.9 Å². The summed E-state index contributed by atoms with van der Waals surface area (Å²) in [5.74, 6) is -0.804. The fraction of sp³-hybridized carbons (Fsp3) is 0.385. The minimum absolute atomic E-state index is 0.509. The molecule has 0 radical (unpaired) electrons. The van der Waals surface area contributed by atoms with Gasteiger partial charge >= 0.3 is 5.97 Å². The number of nitrogens with zero attached hydrogens (tertiary/aromatic N) is 2. The van der Waals surface area contributed by atoms with Crippen LogP contribution in [0, 0.1) is 0 Å². The van der Waals surface area contributed by atoms with Crippen LogP contribution in [0.25, 0.3) is 0 Å². The minimum Gasteiger partial charge on any atom is -0.479 e. The Kier molecular flexibility index (Phi) is 3.22. The van der Waals surface area contributed by atoms with Gasteiger partial charge in [-0.05, 0) is 52.2 Å². The van der Waals surface area contributed by atoms with E-state index in [4.69, 9.17) is 0 Å². The van der Waals surface area contributed by atoms with Crippen molar-refractivity contribution >= 4 is 33.2 Å². The maximum atomic E-state index is 11.9. The van der Waals surface area contributed by atoms with Crippen molar-refractivity contribution in [1.29, 1.82) is 0 Å². The van der Waals surface area contributed by atoms with Gasteiger partial charge in [-0.25, -0.2) is 4.79 Å². The normalized spacial score (nSPS) is 22.8. The van der Waals surface area contributed by atoms with Gasteiger partial charge in [-0.2, -0.15) is 5.10 Å². The fourth-order valence-corrected chi connectivity index (χ4v) is 3.94. The average molecular weight is 341 g/mol. The van der Waals surface area contributed by atoms with Gasteiger partial charge < -0.3 is 5.11 Å². The quantitative estimate of drug-likeness (QED) is 0.854. The van der Waals surface area contributed by atoms with E-state index < -0.39 is 11.5 Å². The second-order valence-electron chi connectivity index (χ2n) is 4.84. The molecule has 1 N–H and O–H groups in total. The monoisotopic (exact) mass is 340 g/mol. The summed E-state index contributed by atoms with van der Waals surface area (Å²) in [6.45, 7) is 0. The fourth-order valence-electron chi connectivity index (χ4n) is 2.70. The van der Waals surface area contributed by atoms with Crippen LogP contribution in [-0.2, 0) is 23.2 Å². The first kappa shape index (κ1) is 12.9. The molecule has 0 spiro atoms. The zero-order valence-corrected chi connectivity index (χ0v) is 12.6. The molecular formula is C13H13BrN2O2S. The summed E-state index contributed by atoms with van der Waals surface area (Å²) in [5.41, 5.74) is 0.190. The second-order valence-corrected chi connectivity index (χ2v) is 6.76. The lowest BCUT2D eigenvalue weighted by Gasteiger charge is -2.28. The lowest BCUT2D eigenvalue weighted by Crippen LogP contribution is -2.44. The Hall–Kier alpha value is -1.14. The van der Waals surface area contributed by atoms with E-state index in [2.05, 4.69) is 21.0 Å². The molecule has 1 unspecified atom stereocenters. The van der Waals surface area contributed by atoms with Crippen LogP contribution in [0.1, 0.15) is 23.3 Å². The summed E-state index contributed by atoms with van der Waals surface area (Å²) in [6.07, 6.45) is 6.35. The molecule has 0 amide bonds. The number of aromatic nitrogens is 2. The molecule has 0 saturated heterocycles. The highest BCUT2D eigenvalue weighted by Crippen LogP contribution is 2.36. The number of carboxylic acids is 1. The van der Waals surface area contributed by atoms with Crippen LogP contribution < -0.4 is 0 Å². The Morgan fingerprint density at radius 2 is 2.42 bits per heavy atom. The number of thiophene rings is 1. The van der Waals surface area contributed by atoms with E-state index in [0.717, 1.165) is 22.9 Å². The zero-order valence-electron chi connectivity index (χ0n) is 10.2. The van der Waals surface area contributed by atoms with Crippen LogP contribution in [0.4, 0.5) is 0 Å². The first-order valence-corrected chi connectivity index (χ1v) is 7.78. The van der Waals surface area contributed by atoms with Crippen LogP contribution >= 0.6 is 27.3 Å². The van der Waals surface area contributed by atoms with Gasteiger partial charge in [0.2, 0.25) is 0 Å². The van der Waals surface area contributed by atoms with Crippen LogP contribution in [0.5, 0.6) is 0 Å². The Balaban J connectivity index is 2.09. The molecule has 6 heteroatoms. The van der Waals surface area contributed by atoms with E-state index in [1.165, 1.54) is 4.88 Å². The standard InChI is InChI=1S/C13H13BrN2O2S/c14-10-7-15-16(8-10)13(12(17)18)4-1-2-11-9(6-13)3-5-19-11/h3,5,7-8H,1-2,4,6H2,(H,17,18). The molecule has 100 valence electrons. The van der Waals surface area contributed by atoms with Crippen molar-refractivity contribution in [3.63, 3.8) is 0 Å². The Morgan fingerprint density at radius 1 is 1.58 bits per heavy atom. The molecule has 0 aliphatic heterocycles. The van der Waals surface area contributed by atoms with Crippen LogP contribution in [0.3, 0.4) is 0 Å². The maximum Gasteiger partial charge on any atom is 0.331 e. The van der Waals surface area contributed by atoms with Crippen molar-refractivity contribution in [2.75, 3.05) is 0 Å². The molecule has 0 bridgehead atoms. The molecule has 2 aromatic rings. The Labute approximate surface area is 123 Å². The number of rotatable bonds is 2. The second kappa shape index (κ2) is 4.76. The lowest BCUT2D eigenvalue weighted by atomic mass is 9.89. The third-order valence-corrected chi connectivity index (χ3v) is 5.13. The van der Waals surface area contributed by atoms with E-state index in [9.17, 15) is 9.90 Å². The number of hydrogen-bond acceptors (Lipinski definition) is 3. The molecule has 1 aliphatic carbocycles. The third kappa shape index (κ3) is 2.12. The van der Waals surface area contributed by atoms with Crippen molar-refractivity contribution in [2.24, 2.45) is 0 Å². The first-order chi connectivity index (χ1) is 9.12. The van der Waals surface area contributed by atoms with E-state index in [1.54, 1.807) is 28.4 Å². The van der Waals surface area contributed by atoms with E-state index in [0.29, 0.717) is 12.8 Å². The summed E-state index contributed by atoms with van der Waals surface area (Å²) >= 11 is 5.06. The van der Waals surface area contributed by atoms with Crippen LogP contribution in [0.2, 0.25) is 0 Å². The number of carbonyl (C=O) groups is 1. The Bertz CT molecular complexity index is 622. The van der Waals surface area contributed by atoms with Gasteiger partial charge in [-0.1, -0.05) is 0 Å². The number of hydrogen-bond donors (Lipinski definition) is 1. The van der Waals surface area contributed by atoms with Crippen molar-refractivity contribution in [3.05, 3.63) is 38.8 Å². The van der Waals surface area contributed by atoms with Crippen molar-refractivity contribution < 1.29 is 9.90 Å². The van der Waals surface area contributed by atoms with Gasteiger partial charge in [-0.15, -0.1) is 11.3 Å². The molecule has 4 nitrogen and oxygen atoms in total. The van der Waals surface area contributed by atoms with Gasteiger partial charge in [0.15, 0.2) is 5.54 Å². The van der Waals surface area contributed by atoms with E-state index >= 15 is 0 Å². The molecule has 19 heavy (non-hydrogen) atoms. The summed E-state index contributed by atoms with van der Waals surface area (Å²) in [7, 11) is 0. The molecule has 1 aliphatic rings. The number of aryl methyl sites for hydroxylation is 1. The molecule has 2 aromatic heterocycles. The summed E-state index contributed by atoms with van der Waals surface area (Å²) < 4.78 is 2.41. The van der Waals surface area contributed by atoms with Gasteiger partial charge in [0.1, 0.15) is 0 Å². The Morgan fingerprint density at radius 3 is 3.11 bits per heavy atom. The number of fused-ring (bicyclic) bond motifs is 1. The lowest BCUT2D eigenvalue weighted by molar-refractivity contribution is -0.148. The molecular weight excluding hydrogens is 328 g/mol. The SMILES string of the molecule is O=C(O)C1(n2cc(Br)cn2)CCCc2sccc2C1. The number of halogens is 1. The molecule has 0 aromatic carbocycles. The van der Waals surface area contributed by atoms with E-state index in [-0.39, 0.29) is 0 Å². The van der Waals surface area contributed by atoms with Crippen molar-refractivity contribution in [2.45, 2.75) is 31.2 Å². The average Bonchev–Trinajstić information content (AvgIpc) is 2.94. The van der Waals surface area contributed by atoms with Crippen molar-refractivity contribution in [3.8, 4) is 0 Å². The van der Waals surface area contributed by atoms with Gasteiger partial charge in [-0.3, -0.25) is 4.68 Å². The van der Waals surface area contributed by atoms with Gasteiger partial charge in [0.25, 0.3) is 0 Å². The number of carboxylic acid groups (broad SMARTS) is 1. The number of aliphatic carboxylic acids is 1. The van der Waals surface area contributed by atoms with Gasteiger partial charge in [0, 0.05) is 17.5 Å². The minimum atomic E-state index is -0.960. The molecule has 0 saturated carbocycles. The van der Waals surface area contributed by atoms with E-state index in [1.807, 2.05) is 11.4 Å². The smallest absolute Gasteiger partial charge is 0.331 e. The third-order valence-electron chi connectivity index (χ3n) is 3.70. The van der Waals surface area contributed by atoms with Gasteiger partial charge in [0.05, 0.1) is 10.7 Å². The molecule has 0 fully saturated rings. The topological polar surface area (TPSA) is 55.1 Å². The summed E-state index contributed by atoms with van der Waals surface area (Å²) in [5, 5.41) is 16.0. The predicted octanol–water partition coefficient (Wildman–Crippen LogP) is 3.07. The van der Waals surface area contributed by atoms with Crippen molar-refractivity contribution in [1.82, 2.24) is 9.78 Å². The van der Waals surface area contributed by atoms with Crippen LogP contribution in [0.15, 0.2) is 28.3 Å². The highest BCUT2D eigenvalue weighted by atomic mass is 79.9. The summed E-state index contributed by atoms with van der Waals surface area (Å²) in [6, 6.07) is 2.04. The molecule has 1 atom stereocenters. The highest BCUT2D eigenvalue weighted by molar-refractivity contribution is 9.10. The first-order valence-electron chi connectivity index (χ1n) is 6.11. The largest absolute Gasteiger partial charge is 0.479 e. The molecule has 2 heterocycles. The maximum absolute atomic E-state index is 11.9. The predicted molar refractivity (Wildman–Crippen MR) is 76.5 cm³/mol. The highest BCUT2D eigenvalue weighted by Gasteiger charge is 2.43. The zero-order chi connectivity index (χ0) is 13.5. The molecule has 3 rings (SSSR count).